The van der Waals surface area contributed by atoms with Gasteiger partial charge in [-0.25, -0.2) is 0 Å². The number of likely N-dealkylation sites (tertiary alicyclic amines) is 1. The minimum atomic E-state index is -0.0881. The highest BCUT2D eigenvalue weighted by Crippen LogP contribution is 2.15. The van der Waals surface area contributed by atoms with Gasteiger partial charge in [-0.05, 0) is 19.8 Å². The van der Waals surface area contributed by atoms with Crippen molar-refractivity contribution in [1.29, 1.82) is 0 Å². The van der Waals surface area contributed by atoms with Crippen molar-refractivity contribution in [2.75, 3.05) is 19.6 Å². The van der Waals surface area contributed by atoms with E-state index in [2.05, 4.69) is 24.1 Å². The molecule has 1 saturated heterocycles. The lowest BCUT2D eigenvalue weighted by atomic mass is 9.94. The number of rotatable bonds is 5. The molecular weight excluding hydrogens is 190 g/mol. The van der Waals surface area contributed by atoms with E-state index in [9.17, 15) is 4.79 Å². The number of hydrogen-bond donors (Lipinski definition) is 2. The van der Waals surface area contributed by atoms with E-state index in [0.717, 1.165) is 25.9 Å². The lowest BCUT2D eigenvalue weighted by Gasteiger charge is -2.45. The first-order valence-corrected chi connectivity index (χ1v) is 5.77. The molecule has 0 unspecified atom stereocenters. The smallest absolute Gasteiger partial charge is 0.234 e. The first kappa shape index (κ1) is 12.5. The Bertz CT molecular complexity index is 216. The number of amides is 1. The summed E-state index contributed by atoms with van der Waals surface area (Å²) in [6.45, 7) is 8.34. The van der Waals surface area contributed by atoms with Gasteiger partial charge < -0.3 is 11.1 Å². The summed E-state index contributed by atoms with van der Waals surface area (Å²) in [5.41, 5.74) is 5.78. The summed E-state index contributed by atoms with van der Waals surface area (Å²) < 4.78 is 0. The Balaban J connectivity index is 2.20. The molecule has 1 amide bonds. The van der Waals surface area contributed by atoms with Crippen LogP contribution in [0, 0.1) is 0 Å². The fourth-order valence-electron chi connectivity index (χ4n) is 2.06. The number of carbonyl (C=O) groups excluding carboxylic acids is 1. The second-order valence-electron chi connectivity index (χ2n) is 4.88. The molecule has 15 heavy (non-hydrogen) atoms. The van der Waals surface area contributed by atoms with Gasteiger partial charge in [0, 0.05) is 24.7 Å². The van der Waals surface area contributed by atoms with Crippen LogP contribution in [0.2, 0.25) is 0 Å². The predicted molar refractivity (Wildman–Crippen MR) is 61.5 cm³/mol. The van der Waals surface area contributed by atoms with Gasteiger partial charge in [-0.3, -0.25) is 9.69 Å². The van der Waals surface area contributed by atoms with Crippen LogP contribution in [0.1, 0.15) is 33.6 Å². The van der Waals surface area contributed by atoms with E-state index in [4.69, 9.17) is 5.73 Å². The second kappa shape index (κ2) is 4.94. The SMILES string of the molecule is CCC(CC)NC(=O)CN1CC(C)(N)C1. The van der Waals surface area contributed by atoms with E-state index < -0.39 is 0 Å². The molecule has 0 saturated carbocycles. The molecule has 0 radical (unpaired) electrons. The van der Waals surface area contributed by atoms with Crippen LogP contribution in [0.3, 0.4) is 0 Å². The molecule has 88 valence electrons. The summed E-state index contributed by atoms with van der Waals surface area (Å²) in [6, 6.07) is 0.322. The summed E-state index contributed by atoms with van der Waals surface area (Å²) in [7, 11) is 0. The molecule has 0 spiro atoms. The summed E-state index contributed by atoms with van der Waals surface area (Å²) in [4.78, 5) is 13.7. The molecule has 0 aliphatic carbocycles. The summed E-state index contributed by atoms with van der Waals surface area (Å²) in [6.07, 6.45) is 1.99. The zero-order valence-electron chi connectivity index (χ0n) is 10.0. The van der Waals surface area contributed by atoms with Crippen molar-refractivity contribution in [3.63, 3.8) is 0 Å². The Morgan fingerprint density at radius 2 is 2.00 bits per heavy atom. The van der Waals surface area contributed by atoms with Crippen molar-refractivity contribution in [2.24, 2.45) is 5.73 Å². The molecule has 1 rings (SSSR count). The number of nitrogens with two attached hydrogens (primary N) is 1. The van der Waals surface area contributed by atoms with Crippen LogP contribution in [0.5, 0.6) is 0 Å². The largest absolute Gasteiger partial charge is 0.352 e. The lowest BCUT2D eigenvalue weighted by Crippen LogP contribution is -2.66. The molecule has 1 aliphatic rings. The van der Waals surface area contributed by atoms with Crippen LogP contribution < -0.4 is 11.1 Å². The monoisotopic (exact) mass is 213 g/mol. The molecule has 1 heterocycles. The molecule has 3 N–H and O–H groups in total. The van der Waals surface area contributed by atoms with E-state index in [1.54, 1.807) is 0 Å². The Labute approximate surface area is 92.2 Å². The maximum absolute atomic E-state index is 11.6. The van der Waals surface area contributed by atoms with E-state index in [1.165, 1.54) is 0 Å². The third kappa shape index (κ3) is 3.80. The highest BCUT2D eigenvalue weighted by atomic mass is 16.2. The van der Waals surface area contributed by atoms with E-state index in [1.807, 2.05) is 6.92 Å². The number of nitrogens with zero attached hydrogens (tertiary/aromatic N) is 1. The predicted octanol–water partition coefficient (Wildman–Crippen LogP) is 0.324. The minimum Gasteiger partial charge on any atom is -0.352 e. The zero-order valence-corrected chi connectivity index (χ0v) is 10.0. The van der Waals surface area contributed by atoms with Crippen molar-refractivity contribution in [3.05, 3.63) is 0 Å². The van der Waals surface area contributed by atoms with Crippen LogP contribution in [-0.2, 0) is 4.79 Å². The van der Waals surface area contributed by atoms with Gasteiger partial charge in [0.05, 0.1) is 6.54 Å². The van der Waals surface area contributed by atoms with Gasteiger partial charge in [0.25, 0.3) is 0 Å². The molecule has 1 fully saturated rings. The molecule has 0 aromatic heterocycles. The van der Waals surface area contributed by atoms with Crippen molar-refractivity contribution < 1.29 is 4.79 Å². The Kier molecular flexibility index (Phi) is 4.11. The highest BCUT2D eigenvalue weighted by molar-refractivity contribution is 5.78. The second-order valence-corrected chi connectivity index (χ2v) is 4.88. The zero-order chi connectivity index (χ0) is 11.5. The van der Waals surface area contributed by atoms with Gasteiger partial charge in [0.1, 0.15) is 0 Å². The van der Waals surface area contributed by atoms with Crippen LogP contribution in [0.4, 0.5) is 0 Å². The quantitative estimate of drug-likeness (QED) is 0.691. The molecule has 0 aromatic carbocycles. The Morgan fingerprint density at radius 1 is 1.47 bits per heavy atom. The maximum Gasteiger partial charge on any atom is 0.234 e. The number of hydrogen-bond acceptors (Lipinski definition) is 3. The van der Waals surface area contributed by atoms with Crippen molar-refractivity contribution in [3.8, 4) is 0 Å². The van der Waals surface area contributed by atoms with Crippen LogP contribution in [0.25, 0.3) is 0 Å². The molecule has 0 bridgehead atoms. The Morgan fingerprint density at radius 3 is 2.40 bits per heavy atom. The van der Waals surface area contributed by atoms with Gasteiger partial charge in [-0.1, -0.05) is 13.8 Å². The summed E-state index contributed by atoms with van der Waals surface area (Å²) in [5, 5.41) is 3.02. The van der Waals surface area contributed by atoms with Gasteiger partial charge in [0.2, 0.25) is 5.91 Å². The molecule has 1 aliphatic heterocycles. The van der Waals surface area contributed by atoms with Crippen LogP contribution in [-0.4, -0.2) is 42.0 Å². The maximum atomic E-state index is 11.6. The molecule has 4 heteroatoms. The lowest BCUT2D eigenvalue weighted by molar-refractivity contribution is -0.124. The normalized spacial score (nSPS) is 20.1. The third-order valence-corrected chi connectivity index (χ3v) is 2.89. The molecule has 4 nitrogen and oxygen atoms in total. The molecule has 0 atom stereocenters. The standard InChI is InChI=1S/C11H23N3O/c1-4-9(5-2)13-10(15)6-14-7-11(3,12)8-14/h9H,4-8,12H2,1-3H3,(H,13,15). The number of carbonyl (C=O) groups is 1. The van der Waals surface area contributed by atoms with E-state index >= 15 is 0 Å². The third-order valence-electron chi connectivity index (χ3n) is 2.89. The van der Waals surface area contributed by atoms with Gasteiger partial charge in [0.15, 0.2) is 0 Å². The van der Waals surface area contributed by atoms with Crippen LogP contribution >= 0.6 is 0 Å². The average molecular weight is 213 g/mol. The van der Waals surface area contributed by atoms with Crippen molar-refractivity contribution in [1.82, 2.24) is 10.2 Å². The van der Waals surface area contributed by atoms with E-state index in [-0.39, 0.29) is 11.4 Å². The first-order chi connectivity index (χ1) is 6.96. The summed E-state index contributed by atoms with van der Waals surface area (Å²) >= 11 is 0. The van der Waals surface area contributed by atoms with E-state index in [0.29, 0.717) is 12.6 Å². The summed E-state index contributed by atoms with van der Waals surface area (Å²) in [5.74, 6) is 0.124. The fourth-order valence-corrected chi connectivity index (χ4v) is 2.06. The molecular formula is C11H23N3O. The van der Waals surface area contributed by atoms with Crippen LogP contribution in [0.15, 0.2) is 0 Å². The minimum absolute atomic E-state index is 0.0881. The van der Waals surface area contributed by atoms with Gasteiger partial charge in [-0.15, -0.1) is 0 Å². The topological polar surface area (TPSA) is 58.4 Å². The number of nitrogens with one attached hydrogen (secondary N) is 1. The van der Waals surface area contributed by atoms with Crippen molar-refractivity contribution in [2.45, 2.75) is 45.2 Å². The average Bonchev–Trinajstić information content (AvgIpc) is 2.11. The van der Waals surface area contributed by atoms with Gasteiger partial charge in [-0.2, -0.15) is 0 Å². The Hall–Kier alpha value is -0.610. The van der Waals surface area contributed by atoms with Crippen molar-refractivity contribution >= 4 is 5.91 Å². The highest BCUT2D eigenvalue weighted by Gasteiger charge is 2.35. The first-order valence-electron chi connectivity index (χ1n) is 5.77. The fraction of sp³-hybridized carbons (Fsp3) is 0.909. The van der Waals surface area contributed by atoms with Gasteiger partial charge >= 0.3 is 0 Å². The molecule has 0 aromatic rings.